The van der Waals surface area contributed by atoms with Crippen molar-refractivity contribution < 1.29 is 9.53 Å². The first-order valence-corrected chi connectivity index (χ1v) is 11.7. The summed E-state index contributed by atoms with van der Waals surface area (Å²) in [6, 6.07) is 25.8. The van der Waals surface area contributed by atoms with Gasteiger partial charge in [0.2, 0.25) is 0 Å². The van der Waals surface area contributed by atoms with E-state index in [1.165, 1.54) is 37.7 Å². The van der Waals surface area contributed by atoms with Crippen molar-refractivity contribution in [3.63, 3.8) is 0 Å². The molecule has 0 bridgehead atoms. The topological polar surface area (TPSA) is 51.2 Å². The molecule has 1 aliphatic carbocycles. The minimum atomic E-state index is -0.143. The van der Waals surface area contributed by atoms with E-state index in [2.05, 4.69) is 17.4 Å². The lowest BCUT2D eigenvalue weighted by Gasteiger charge is -2.22. The molecular weight excluding hydrogens is 408 g/mol. The number of pyridine rings is 1. The van der Waals surface area contributed by atoms with Gasteiger partial charge in [0.05, 0.1) is 23.9 Å². The number of benzene rings is 3. The summed E-state index contributed by atoms with van der Waals surface area (Å²) in [4.78, 5) is 18.2. The summed E-state index contributed by atoms with van der Waals surface area (Å²) in [5.41, 5.74) is 5.23. The molecule has 166 valence electrons. The molecule has 4 aromatic rings. The Morgan fingerprint density at radius 2 is 1.67 bits per heavy atom. The maximum absolute atomic E-state index is 13.4. The number of aromatic nitrogens is 1. The lowest BCUT2D eigenvalue weighted by atomic mass is 9.84. The molecule has 33 heavy (non-hydrogen) atoms. The average Bonchev–Trinajstić information content (AvgIpc) is 2.89. The van der Waals surface area contributed by atoms with Gasteiger partial charge in [-0.15, -0.1) is 0 Å². The molecule has 1 fully saturated rings. The predicted octanol–water partition coefficient (Wildman–Crippen LogP) is 7.21. The normalized spacial score (nSPS) is 14.2. The molecule has 4 heteroatoms. The number of hydrogen-bond donors (Lipinski definition) is 1. The largest absolute Gasteiger partial charge is 0.497 e. The van der Waals surface area contributed by atoms with Gasteiger partial charge in [0.25, 0.3) is 5.91 Å². The number of rotatable bonds is 5. The van der Waals surface area contributed by atoms with Gasteiger partial charge >= 0.3 is 0 Å². The molecule has 0 saturated heterocycles. The number of hydrogen-bond acceptors (Lipinski definition) is 3. The van der Waals surface area contributed by atoms with Crippen LogP contribution in [0.3, 0.4) is 0 Å². The lowest BCUT2D eigenvalue weighted by Crippen LogP contribution is -2.13. The monoisotopic (exact) mass is 436 g/mol. The van der Waals surface area contributed by atoms with Crippen molar-refractivity contribution in [2.75, 3.05) is 12.4 Å². The number of methoxy groups -OCH3 is 1. The third-order valence-electron chi connectivity index (χ3n) is 6.58. The molecular formula is C29H28N2O2. The van der Waals surface area contributed by atoms with Gasteiger partial charge in [-0.05, 0) is 54.7 Å². The zero-order valence-corrected chi connectivity index (χ0v) is 18.9. The minimum absolute atomic E-state index is 0.143. The van der Waals surface area contributed by atoms with Crippen molar-refractivity contribution in [2.45, 2.75) is 38.0 Å². The smallest absolute Gasteiger partial charge is 0.256 e. The van der Waals surface area contributed by atoms with E-state index >= 15 is 0 Å². The first kappa shape index (κ1) is 21.2. The maximum Gasteiger partial charge on any atom is 0.256 e. The van der Waals surface area contributed by atoms with Gasteiger partial charge in [0.1, 0.15) is 5.75 Å². The summed E-state index contributed by atoms with van der Waals surface area (Å²) < 4.78 is 5.38. The number of nitrogens with zero attached hydrogens (tertiary/aromatic N) is 1. The fourth-order valence-corrected chi connectivity index (χ4v) is 4.75. The Balaban J connectivity index is 1.47. The van der Waals surface area contributed by atoms with E-state index in [0.717, 1.165) is 27.8 Å². The fourth-order valence-electron chi connectivity index (χ4n) is 4.75. The van der Waals surface area contributed by atoms with E-state index < -0.39 is 0 Å². The summed E-state index contributed by atoms with van der Waals surface area (Å²) in [6.07, 6.45) is 6.50. The molecule has 1 amide bonds. The average molecular weight is 437 g/mol. The molecule has 5 rings (SSSR count). The zero-order valence-electron chi connectivity index (χ0n) is 18.9. The van der Waals surface area contributed by atoms with Crippen LogP contribution in [0.15, 0.2) is 78.9 Å². The highest BCUT2D eigenvalue weighted by atomic mass is 16.5. The number of fused-ring (bicyclic) bond motifs is 1. The van der Waals surface area contributed by atoms with Gasteiger partial charge in [0.15, 0.2) is 0 Å². The van der Waals surface area contributed by atoms with Crippen molar-refractivity contribution in [1.29, 1.82) is 0 Å². The molecule has 1 saturated carbocycles. The van der Waals surface area contributed by atoms with Crippen molar-refractivity contribution in [3.05, 3.63) is 90.0 Å². The van der Waals surface area contributed by atoms with Gasteiger partial charge in [-0.3, -0.25) is 4.79 Å². The molecule has 1 aromatic heterocycles. The summed E-state index contributed by atoms with van der Waals surface area (Å²) in [5.74, 6) is 1.22. The van der Waals surface area contributed by atoms with Crippen molar-refractivity contribution >= 4 is 22.5 Å². The van der Waals surface area contributed by atoms with Crippen LogP contribution < -0.4 is 10.1 Å². The van der Waals surface area contributed by atoms with Crippen LogP contribution in [0.2, 0.25) is 0 Å². The van der Waals surface area contributed by atoms with E-state index in [1.54, 1.807) is 7.11 Å². The number of nitrogens with one attached hydrogen (secondary N) is 1. The van der Waals surface area contributed by atoms with Crippen LogP contribution in [0, 0.1) is 0 Å². The van der Waals surface area contributed by atoms with Gasteiger partial charge in [-0.1, -0.05) is 61.7 Å². The maximum atomic E-state index is 13.4. The van der Waals surface area contributed by atoms with Crippen LogP contribution in [0.25, 0.3) is 22.2 Å². The molecule has 0 spiro atoms. The van der Waals surface area contributed by atoms with E-state index in [0.29, 0.717) is 17.2 Å². The van der Waals surface area contributed by atoms with Gasteiger partial charge < -0.3 is 10.1 Å². The highest BCUT2D eigenvalue weighted by Crippen LogP contribution is 2.33. The Hall–Kier alpha value is -3.66. The number of amides is 1. The van der Waals surface area contributed by atoms with Crippen LogP contribution in [0.1, 0.15) is 53.9 Å². The molecule has 0 unspecified atom stereocenters. The Labute approximate surface area is 194 Å². The number of anilines is 1. The molecule has 1 aliphatic rings. The first-order chi connectivity index (χ1) is 16.2. The highest BCUT2D eigenvalue weighted by molar-refractivity contribution is 6.13. The molecule has 3 aromatic carbocycles. The van der Waals surface area contributed by atoms with Crippen molar-refractivity contribution in [1.82, 2.24) is 4.98 Å². The number of carbonyl (C=O) groups excluding carboxylic acids is 1. The quantitative estimate of drug-likeness (QED) is 0.360. The summed E-state index contributed by atoms with van der Waals surface area (Å²) in [5, 5.41) is 3.89. The Kier molecular flexibility index (Phi) is 6.07. The van der Waals surface area contributed by atoms with Gasteiger partial charge in [-0.2, -0.15) is 0 Å². The van der Waals surface area contributed by atoms with E-state index in [9.17, 15) is 4.79 Å². The first-order valence-electron chi connectivity index (χ1n) is 11.7. The molecule has 1 heterocycles. The van der Waals surface area contributed by atoms with E-state index in [4.69, 9.17) is 9.72 Å². The summed E-state index contributed by atoms with van der Waals surface area (Å²) in [7, 11) is 1.63. The summed E-state index contributed by atoms with van der Waals surface area (Å²) in [6.45, 7) is 0. The van der Waals surface area contributed by atoms with Crippen LogP contribution in [0.4, 0.5) is 5.69 Å². The third-order valence-corrected chi connectivity index (χ3v) is 6.58. The lowest BCUT2D eigenvalue weighted by molar-refractivity contribution is 0.102. The molecule has 0 aliphatic heterocycles. The molecule has 1 N–H and O–H groups in total. The van der Waals surface area contributed by atoms with Gasteiger partial charge in [-0.25, -0.2) is 4.98 Å². The van der Waals surface area contributed by atoms with Crippen LogP contribution >= 0.6 is 0 Å². The van der Waals surface area contributed by atoms with Gasteiger partial charge in [0, 0.05) is 22.7 Å². The summed E-state index contributed by atoms with van der Waals surface area (Å²) >= 11 is 0. The van der Waals surface area contributed by atoms with Crippen LogP contribution in [-0.4, -0.2) is 18.0 Å². The Morgan fingerprint density at radius 3 is 2.39 bits per heavy atom. The van der Waals surface area contributed by atoms with Crippen LogP contribution in [0.5, 0.6) is 5.75 Å². The SMILES string of the molecule is COc1ccc2c(C(=O)Nc3ccc(C4CCCCC4)cc3)cc(-c3ccccc3)nc2c1. The Bertz CT molecular complexity index is 1260. The second kappa shape index (κ2) is 9.45. The van der Waals surface area contributed by atoms with E-state index in [-0.39, 0.29) is 5.91 Å². The molecule has 0 atom stereocenters. The second-order valence-corrected chi connectivity index (χ2v) is 8.72. The zero-order chi connectivity index (χ0) is 22.6. The van der Waals surface area contributed by atoms with Crippen molar-refractivity contribution in [3.8, 4) is 17.0 Å². The minimum Gasteiger partial charge on any atom is -0.497 e. The number of ether oxygens (including phenoxy) is 1. The fraction of sp³-hybridized carbons (Fsp3) is 0.241. The standard InChI is InChI=1S/C29H28N2O2/c1-33-24-16-17-25-26(19-27(31-28(25)18-24)22-10-6-3-7-11-22)29(32)30-23-14-12-21(13-15-23)20-8-4-2-5-9-20/h3,6-7,10-20H,2,4-5,8-9H2,1H3,(H,30,32). The molecule has 0 radical (unpaired) electrons. The highest BCUT2D eigenvalue weighted by Gasteiger charge is 2.17. The predicted molar refractivity (Wildman–Crippen MR) is 134 cm³/mol. The Morgan fingerprint density at radius 1 is 0.909 bits per heavy atom. The third kappa shape index (κ3) is 4.61. The van der Waals surface area contributed by atoms with Crippen LogP contribution in [-0.2, 0) is 0 Å². The second-order valence-electron chi connectivity index (χ2n) is 8.72. The van der Waals surface area contributed by atoms with Crippen molar-refractivity contribution in [2.24, 2.45) is 0 Å². The number of carbonyl (C=O) groups is 1. The van der Waals surface area contributed by atoms with E-state index in [1.807, 2.05) is 66.7 Å². The molecule has 4 nitrogen and oxygen atoms in total.